The summed E-state index contributed by atoms with van der Waals surface area (Å²) < 4.78 is 22.4. The average Bonchev–Trinajstić information content (AvgIpc) is 3.88. The summed E-state index contributed by atoms with van der Waals surface area (Å²) in [6.45, 7) is 9.30. The molecular weight excluding hydrogens is 807 g/mol. The van der Waals surface area contributed by atoms with E-state index in [-0.39, 0.29) is 24.8 Å². The Morgan fingerprint density at radius 1 is 0.656 bits per heavy atom. The monoisotopic (exact) mass is 862 g/mol. The number of rotatable bonds is 14. The molecule has 0 spiro atoms. The van der Waals surface area contributed by atoms with Crippen molar-refractivity contribution in [2.24, 2.45) is 0 Å². The Kier molecular flexibility index (Phi) is 13.2. The number of anilines is 3. The fourth-order valence-corrected chi connectivity index (χ4v) is 9.18. The van der Waals surface area contributed by atoms with Crippen molar-refractivity contribution in [3.63, 3.8) is 0 Å². The van der Waals surface area contributed by atoms with Crippen molar-refractivity contribution in [1.82, 2.24) is 0 Å². The zero-order chi connectivity index (χ0) is 45.8. The van der Waals surface area contributed by atoms with Crippen molar-refractivity contribution in [3.05, 3.63) is 166 Å². The standard InChI is InChI=1S/C53H56N3O8/c1-52(2)41-33-37(50(59)63-7)21-25-43(41)54(31-29-47(57)61-5)45(52)27-23-35-19-20-36(49(35)56(39-15-11-9-12-16-39)40-17-13-10-14-18-40)24-28-46-53(3,4)42-34-38(51(60)64-8)22-26-44(42)55(46)32-30-48(58)62-6/h9-18,21-28,33-34H,19-20,29-32H2,1-8H3/q+1. The molecule has 11 nitrogen and oxygen atoms in total. The van der Waals surface area contributed by atoms with Gasteiger partial charge in [0.1, 0.15) is 6.42 Å². The van der Waals surface area contributed by atoms with Crippen LogP contribution in [-0.2, 0) is 39.4 Å². The van der Waals surface area contributed by atoms with E-state index >= 15 is 0 Å². The molecule has 0 bridgehead atoms. The van der Waals surface area contributed by atoms with E-state index < -0.39 is 22.8 Å². The molecule has 0 saturated carbocycles. The Bertz CT molecular complexity index is 2600. The van der Waals surface area contributed by atoms with Gasteiger partial charge in [-0.15, -0.1) is 0 Å². The van der Waals surface area contributed by atoms with Gasteiger partial charge in [-0.2, -0.15) is 4.58 Å². The second kappa shape index (κ2) is 18.8. The van der Waals surface area contributed by atoms with Gasteiger partial charge in [0.25, 0.3) is 0 Å². The lowest BCUT2D eigenvalue weighted by Crippen LogP contribution is -2.28. The molecule has 64 heavy (non-hydrogen) atoms. The van der Waals surface area contributed by atoms with Crippen LogP contribution in [0.15, 0.2) is 144 Å². The minimum atomic E-state index is -0.544. The number of carbonyl (C=O) groups excluding carboxylic acids is 4. The lowest BCUT2D eigenvalue weighted by molar-refractivity contribution is -0.436. The first kappa shape index (κ1) is 45.0. The number of nitrogens with zero attached hydrogens (tertiary/aromatic N) is 3. The molecule has 11 heteroatoms. The Morgan fingerprint density at radius 3 is 1.83 bits per heavy atom. The molecular formula is C53H56N3O8+. The quantitative estimate of drug-likeness (QED) is 0.0690. The molecule has 3 aliphatic rings. The number of carbonyl (C=O) groups is 4. The summed E-state index contributed by atoms with van der Waals surface area (Å²) >= 11 is 0. The topological polar surface area (TPSA) is 115 Å². The number of hydrogen-bond acceptors (Lipinski definition) is 10. The summed E-state index contributed by atoms with van der Waals surface area (Å²) in [4.78, 5) is 54.9. The molecule has 2 heterocycles. The van der Waals surface area contributed by atoms with Crippen molar-refractivity contribution < 1.29 is 42.7 Å². The molecule has 0 N–H and O–H groups in total. The number of allylic oxidation sites excluding steroid dienone is 7. The summed E-state index contributed by atoms with van der Waals surface area (Å²) in [5, 5.41) is 0. The van der Waals surface area contributed by atoms with Crippen LogP contribution < -0.4 is 9.80 Å². The van der Waals surface area contributed by atoms with E-state index in [0.29, 0.717) is 24.2 Å². The fourth-order valence-electron chi connectivity index (χ4n) is 9.18. The largest absolute Gasteiger partial charge is 0.469 e. The summed E-state index contributed by atoms with van der Waals surface area (Å²) in [6, 6.07) is 31.8. The highest BCUT2D eigenvalue weighted by Gasteiger charge is 2.45. The highest BCUT2D eigenvalue weighted by atomic mass is 16.5. The van der Waals surface area contributed by atoms with E-state index in [0.717, 1.165) is 75.0 Å². The van der Waals surface area contributed by atoms with Crippen LogP contribution in [0.25, 0.3) is 0 Å². The lowest BCUT2D eigenvalue weighted by atomic mass is 9.80. The first-order valence-electron chi connectivity index (χ1n) is 21.5. The second-order valence-corrected chi connectivity index (χ2v) is 17.0. The summed E-state index contributed by atoms with van der Waals surface area (Å²) in [6.07, 6.45) is 10.5. The van der Waals surface area contributed by atoms with E-state index in [4.69, 9.17) is 18.9 Å². The highest BCUT2D eigenvalue weighted by Crippen LogP contribution is 2.49. The van der Waals surface area contributed by atoms with Crippen LogP contribution in [0.3, 0.4) is 0 Å². The SMILES string of the molecule is COC(=O)CCN1/C(=C/C=C2\CCC(/C=C/C3=[N+](CCC(=O)OC)c4ccc(C(=O)OC)cc4C3(C)C)=C2N(c2ccccc2)c2ccccc2)C(C)(C)c2cc(C(=O)OC)ccc21. The Hall–Kier alpha value is -7.01. The van der Waals surface area contributed by atoms with Crippen LogP contribution in [0.4, 0.5) is 22.7 Å². The number of methoxy groups -OCH3 is 4. The van der Waals surface area contributed by atoms with Gasteiger partial charge in [-0.05, 0) is 104 Å². The van der Waals surface area contributed by atoms with Gasteiger partial charge < -0.3 is 28.7 Å². The third-order valence-corrected chi connectivity index (χ3v) is 12.6. The van der Waals surface area contributed by atoms with E-state index in [1.54, 1.807) is 12.1 Å². The molecule has 4 aromatic carbocycles. The molecule has 0 atom stereocenters. The zero-order valence-corrected chi connectivity index (χ0v) is 37.9. The Balaban J connectivity index is 1.40. The Morgan fingerprint density at radius 2 is 1.23 bits per heavy atom. The molecule has 0 amide bonds. The number of para-hydroxylation sites is 2. The molecule has 0 unspecified atom stereocenters. The molecule has 0 radical (unpaired) electrons. The molecule has 0 saturated heterocycles. The van der Waals surface area contributed by atoms with E-state index in [1.807, 2.05) is 60.7 Å². The fraction of sp³-hybridized carbons (Fsp3) is 0.302. The summed E-state index contributed by atoms with van der Waals surface area (Å²) in [5.74, 6) is -1.45. The molecule has 0 aromatic heterocycles. The van der Waals surface area contributed by atoms with Gasteiger partial charge in [-0.1, -0.05) is 62.4 Å². The highest BCUT2D eigenvalue weighted by molar-refractivity contribution is 6.04. The smallest absolute Gasteiger partial charge is 0.337 e. The van der Waals surface area contributed by atoms with Crippen LogP contribution in [0, 0.1) is 0 Å². The third-order valence-electron chi connectivity index (χ3n) is 12.6. The number of esters is 4. The normalized spacial score (nSPS) is 17.2. The summed E-state index contributed by atoms with van der Waals surface area (Å²) in [5.41, 5.74) is 10.8. The predicted molar refractivity (Wildman–Crippen MR) is 249 cm³/mol. The van der Waals surface area contributed by atoms with Crippen LogP contribution in [0.5, 0.6) is 0 Å². The lowest BCUT2D eigenvalue weighted by Gasteiger charge is -2.29. The average molecular weight is 863 g/mol. The van der Waals surface area contributed by atoms with Gasteiger partial charge in [0.15, 0.2) is 12.3 Å². The molecule has 2 aliphatic heterocycles. The van der Waals surface area contributed by atoms with E-state index in [2.05, 4.69) is 90.6 Å². The van der Waals surface area contributed by atoms with Gasteiger partial charge in [0.2, 0.25) is 5.69 Å². The van der Waals surface area contributed by atoms with Crippen LogP contribution in [0.2, 0.25) is 0 Å². The van der Waals surface area contributed by atoms with Crippen molar-refractivity contribution >= 4 is 52.3 Å². The first-order chi connectivity index (χ1) is 30.7. The first-order valence-corrected chi connectivity index (χ1v) is 21.5. The maximum atomic E-state index is 12.7. The van der Waals surface area contributed by atoms with Crippen LogP contribution >= 0.6 is 0 Å². The Labute approximate surface area is 375 Å². The molecule has 4 aromatic rings. The van der Waals surface area contributed by atoms with Crippen molar-refractivity contribution in [2.75, 3.05) is 51.3 Å². The van der Waals surface area contributed by atoms with Gasteiger partial charge in [-0.25, -0.2) is 9.59 Å². The number of ether oxygens (including phenoxy) is 4. The molecule has 1 aliphatic carbocycles. The van der Waals surface area contributed by atoms with Crippen molar-refractivity contribution in [1.29, 1.82) is 0 Å². The van der Waals surface area contributed by atoms with E-state index in [9.17, 15) is 19.2 Å². The molecule has 330 valence electrons. The molecule has 7 rings (SSSR count). The number of fused-ring (bicyclic) bond motifs is 2. The van der Waals surface area contributed by atoms with Gasteiger partial charge >= 0.3 is 23.9 Å². The minimum Gasteiger partial charge on any atom is -0.469 e. The second-order valence-electron chi connectivity index (χ2n) is 17.0. The van der Waals surface area contributed by atoms with Crippen molar-refractivity contribution in [2.45, 2.75) is 64.2 Å². The third kappa shape index (κ3) is 8.67. The van der Waals surface area contributed by atoms with E-state index in [1.165, 1.54) is 28.4 Å². The number of hydrogen-bond donors (Lipinski definition) is 0. The van der Waals surface area contributed by atoms with Gasteiger partial charge in [0, 0.05) is 52.4 Å². The summed E-state index contributed by atoms with van der Waals surface area (Å²) in [7, 11) is 5.54. The zero-order valence-electron chi connectivity index (χ0n) is 37.9. The molecule has 0 fully saturated rings. The van der Waals surface area contributed by atoms with Crippen LogP contribution in [-0.4, -0.2) is 75.7 Å². The van der Waals surface area contributed by atoms with Gasteiger partial charge in [0.05, 0.1) is 57.1 Å². The predicted octanol–water partition coefficient (Wildman–Crippen LogP) is 9.81. The van der Waals surface area contributed by atoms with Crippen molar-refractivity contribution in [3.8, 4) is 0 Å². The maximum absolute atomic E-state index is 12.7. The number of benzene rings is 4. The maximum Gasteiger partial charge on any atom is 0.337 e. The minimum absolute atomic E-state index is 0.175. The van der Waals surface area contributed by atoms with Crippen LogP contribution in [0.1, 0.15) is 85.2 Å². The van der Waals surface area contributed by atoms with Gasteiger partial charge in [-0.3, -0.25) is 9.59 Å².